The summed E-state index contributed by atoms with van der Waals surface area (Å²) in [4.78, 5) is 20.9. The number of nitrogens with zero attached hydrogens (tertiary/aromatic N) is 2. The molecule has 120 valence electrons. The predicted molar refractivity (Wildman–Crippen MR) is 94.6 cm³/mol. The number of hydrogen-bond acceptors (Lipinski definition) is 3. The molecule has 0 aliphatic heterocycles. The number of aryl methyl sites for hydroxylation is 2. The summed E-state index contributed by atoms with van der Waals surface area (Å²) in [5.41, 5.74) is 5.48. The van der Waals surface area contributed by atoms with E-state index in [4.69, 9.17) is 0 Å². The van der Waals surface area contributed by atoms with E-state index in [1.165, 1.54) is 6.33 Å². The van der Waals surface area contributed by atoms with Gasteiger partial charge in [-0.15, -0.1) is 0 Å². The van der Waals surface area contributed by atoms with E-state index in [0.717, 1.165) is 28.1 Å². The lowest BCUT2D eigenvalue weighted by Crippen LogP contribution is -2.23. The molecular formula is C20H19N3O. The maximum Gasteiger partial charge on any atom is 0.251 e. The molecule has 0 aliphatic rings. The fourth-order valence-electron chi connectivity index (χ4n) is 2.64. The highest BCUT2D eigenvalue weighted by Crippen LogP contribution is 2.16. The molecule has 0 fully saturated rings. The lowest BCUT2D eigenvalue weighted by atomic mass is 10.1. The molecule has 3 rings (SSSR count). The van der Waals surface area contributed by atoms with Crippen molar-refractivity contribution in [3.05, 3.63) is 83.3 Å². The minimum atomic E-state index is -0.0957. The molecule has 0 radical (unpaired) electrons. The van der Waals surface area contributed by atoms with Crippen LogP contribution in [0.15, 0.2) is 60.9 Å². The first-order chi connectivity index (χ1) is 11.6. The third-order valence-electron chi connectivity index (χ3n) is 3.71. The van der Waals surface area contributed by atoms with Gasteiger partial charge >= 0.3 is 0 Å². The van der Waals surface area contributed by atoms with Crippen LogP contribution in [0.4, 0.5) is 0 Å². The quantitative estimate of drug-likeness (QED) is 0.798. The first kappa shape index (κ1) is 15.9. The molecule has 4 nitrogen and oxygen atoms in total. The lowest BCUT2D eigenvalue weighted by Gasteiger charge is -2.08. The van der Waals surface area contributed by atoms with E-state index in [1.54, 1.807) is 0 Å². The topological polar surface area (TPSA) is 54.9 Å². The smallest absolute Gasteiger partial charge is 0.251 e. The zero-order chi connectivity index (χ0) is 16.9. The second-order valence-corrected chi connectivity index (χ2v) is 5.82. The normalized spacial score (nSPS) is 10.4. The Morgan fingerprint density at radius 3 is 2.38 bits per heavy atom. The number of rotatable bonds is 4. The van der Waals surface area contributed by atoms with Gasteiger partial charge in [0.1, 0.15) is 6.33 Å². The highest BCUT2D eigenvalue weighted by molar-refractivity contribution is 5.94. The molecule has 0 saturated carbocycles. The van der Waals surface area contributed by atoms with Crippen LogP contribution in [0.5, 0.6) is 0 Å². The van der Waals surface area contributed by atoms with Gasteiger partial charge in [0, 0.05) is 11.1 Å². The van der Waals surface area contributed by atoms with E-state index in [2.05, 4.69) is 15.3 Å². The fourth-order valence-corrected chi connectivity index (χ4v) is 2.64. The molecule has 0 bridgehead atoms. The van der Waals surface area contributed by atoms with Crippen molar-refractivity contribution in [2.45, 2.75) is 20.4 Å². The van der Waals surface area contributed by atoms with Crippen LogP contribution in [0.25, 0.3) is 11.3 Å². The van der Waals surface area contributed by atoms with Crippen molar-refractivity contribution in [3.8, 4) is 11.3 Å². The third-order valence-corrected chi connectivity index (χ3v) is 3.71. The maximum atomic E-state index is 12.3. The summed E-state index contributed by atoms with van der Waals surface area (Å²) in [6.45, 7) is 4.34. The van der Waals surface area contributed by atoms with Crippen molar-refractivity contribution in [1.82, 2.24) is 15.3 Å². The van der Waals surface area contributed by atoms with E-state index >= 15 is 0 Å². The van der Waals surface area contributed by atoms with E-state index in [9.17, 15) is 4.79 Å². The second-order valence-electron chi connectivity index (χ2n) is 5.82. The number of benzene rings is 2. The van der Waals surface area contributed by atoms with Crippen LogP contribution in [-0.4, -0.2) is 15.9 Å². The van der Waals surface area contributed by atoms with Gasteiger partial charge in [0.2, 0.25) is 0 Å². The number of nitrogens with one attached hydrogen (secondary N) is 1. The summed E-state index contributed by atoms with van der Waals surface area (Å²) in [5.74, 6) is -0.0957. The number of carbonyl (C=O) groups excluding carboxylic acids is 1. The van der Waals surface area contributed by atoms with E-state index < -0.39 is 0 Å². The van der Waals surface area contributed by atoms with Gasteiger partial charge in [0.05, 0.1) is 17.9 Å². The van der Waals surface area contributed by atoms with Crippen molar-refractivity contribution in [2.24, 2.45) is 0 Å². The summed E-state index contributed by atoms with van der Waals surface area (Å²) in [6, 6.07) is 17.6. The molecule has 1 N–H and O–H groups in total. The Kier molecular flexibility index (Phi) is 4.66. The standard InChI is InChI=1S/C20H19N3O/c1-14-8-15(2)10-17(9-14)20(24)21-12-18-11-19(23-13-22-18)16-6-4-3-5-7-16/h3-11,13H,12H2,1-2H3,(H,21,24). The van der Waals surface area contributed by atoms with E-state index in [1.807, 2.05) is 68.4 Å². The van der Waals surface area contributed by atoms with Crippen molar-refractivity contribution >= 4 is 5.91 Å². The average molecular weight is 317 g/mol. The zero-order valence-corrected chi connectivity index (χ0v) is 13.8. The molecule has 1 heterocycles. The first-order valence-electron chi connectivity index (χ1n) is 7.84. The summed E-state index contributed by atoms with van der Waals surface area (Å²) in [7, 11) is 0. The van der Waals surface area contributed by atoms with E-state index in [0.29, 0.717) is 12.1 Å². The van der Waals surface area contributed by atoms with Gasteiger partial charge in [-0.3, -0.25) is 4.79 Å². The number of carbonyl (C=O) groups is 1. The Bertz CT molecular complexity index is 840. The minimum absolute atomic E-state index is 0.0957. The van der Waals surface area contributed by atoms with Gasteiger partial charge in [-0.25, -0.2) is 9.97 Å². The van der Waals surface area contributed by atoms with Crippen LogP contribution in [0.3, 0.4) is 0 Å². The SMILES string of the molecule is Cc1cc(C)cc(C(=O)NCc2cc(-c3ccccc3)ncn2)c1. The Balaban J connectivity index is 1.72. The van der Waals surface area contributed by atoms with Crippen molar-refractivity contribution < 1.29 is 4.79 Å². The van der Waals surface area contributed by atoms with Crippen molar-refractivity contribution in [2.75, 3.05) is 0 Å². The maximum absolute atomic E-state index is 12.3. The molecule has 1 amide bonds. The molecule has 0 unspecified atom stereocenters. The van der Waals surface area contributed by atoms with Gasteiger partial charge in [-0.2, -0.15) is 0 Å². The monoisotopic (exact) mass is 317 g/mol. The minimum Gasteiger partial charge on any atom is -0.346 e. The number of amides is 1. The van der Waals surface area contributed by atoms with Gasteiger partial charge in [0.15, 0.2) is 0 Å². The molecule has 24 heavy (non-hydrogen) atoms. The lowest BCUT2D eigenvalue weighted by molar-refractivity contribution is 0.0950. The molecule has 1 aromatic heterocycles. The molecule has 0 aliphatic carbocycles. The molecule has 0 atom stereocenters. The Hall–Kier alpha value is -3.01. The summed E-state index contributed by atoms with van der Waals surface area (Å²) < 4.78 is 0. The van der Waals surface area contributed by atoms with Crippen LogP contribution in [0, 0.1) is 13.8 Å². The summed E-state index contributed by atoms with van der Waals surface area (Å²) in [5, 5.41) is 2.92. The first-order valence-corrected chi connectivity index (χ1v) is 7.84. The second kappa shape index (κ2) is 7.04. The van der Waals surface area contributed by atoms with Gasteiger partial charge < -0.3 is 5.32 Å². The van der Waals surface area contributed by atoms with Gasteiger partial charge in [-0.1, -0.05) is 47.5 Å². The third kappa shape index (κ3) is 3.84. The molecule has 2 aromatic carbocycles. The van der Waals surface area contributed by atoms with Crippen molar-refractivity contribution in [3.63, 3.8) is 0 Å². The van der Waals surface area contributed by atoms with E-state index in [-0.39, 0.29) is 5.91 Å². The van der Waals surface area contributed by atoms with Crippen LogP contribution in [-0.2, 0) is 6.54 Å². The van der Waals surface area contributed by atoms with Crippen LogP contribution in [0.2, 0.25) is 0 Å². The Morgan fingerprint density at radius 1 is 0.958 bits per heavy atom. The zero-order valence-electron chi connectivity index (χ0n) is 13.8. The fraction of sp³-hybridized carbons (Fsp3) is 0.150. The molecule has 0 saturated heterocycles. The number of hydrogen-bond donors (Lipinski definition) is 1. The Morgan fingerprint density at radius 2 is 1.67 bits per heavy atom. The summed E-state index contributed by atoms with van der Waals surface area (Å²) >= 11 is 0. The highest BCUT2D eigenvalue weighted by Gasteiger charge is 2.08. The van der Waals surface area contributed by atoms with Crippen LogP contribution >= 0.6 is 0 Å². The highest BCUT2D eigenvalue weighted by atomic mass is 16.1. The molecule has 0 spiro atoms. The molecule has 3 aromatic rings. The van der Waals surface area contributed by atoms with Gasteiger partial charge in [0.25, 0.3) is 5.91 Å². The molecule has 4 heteroatoms. The van der Waals surface area contributed by atoms with Crippen LogP contribution < -0.4 is 5.32 Å². The van der Waals surface area contributed by atoms with Gasteiger partial charge in [-0.05, 0) is 32.0 Å². The predicted octanol–water partition coefficient (Wildman–Crippen LogP) is 3.69. The van der Waals surface area contributed by atoms with Crippen molar-refractivity contribution in [1.29, 1.82) is 0 Å². The largest absolute Gasteiger partial charge is 0.346 e. The average Bonchev–Trinajstić information content (AvgIpc) is 2.60. The molecular weight excluding hydrogens is 298 g/mol. The summed E-state index contributed by atoms with van der Waals surface area (Å²) in [6.07, 6.45) is 1.53. The van der Waals surface area contributed by atoms with Crippen LogP contribution in [0.1, 0.15) is 27.2 Å². The Labute approximate surface area is 141 Å². The number of aromatic nitrogens is 2.